The molecule has 0 radical (unpaired) electrons. The van der Waals surface area contributed by atoms with Gasteiger partial charge in [0, 0.05) is 32.8 Å². The Hall–Kier alpha value is -0.660. The molecule has 3 saturated heterocycles. The number of carbonyl (C=O) groups excluding carboxylic acids is 1. The van der Waals surface area contributed by atoms with E-state index in [9.17, 15) is 4.79 Å². The van der Waals surface area contributed by atoms with Gasteiger partial charge < -0.3 is 9.64 Å². The van der Waals surface area contributed by atoms with Crippen LogP contribution in [-0.2, 0) is 16.0 Å². The Balaban J connectivity index is 0.00000210. The first-order valence-corrected chi connectivity index (χ1v) is 10.4. The van der Waals surface area contributed by atoms with Crippen LogP contribution in [0.4, 0.5) is 0 Å². The van der Waals surface area contributed by atoms with E-state index >= 15 is 0 Å². The maximum absolute atomic E-state index is 12.7. The predicted octanol–water partition coefficient (Wildman–Crippen LogP) is 3.59. The third-order valence-electron chi connectivity index (χ3n) is 6.49. The van der Waals surface area contributed by atoms with Crippen LogP contribution in [0, 0.1) is 11.8 Å². The normalized spacial score (nSPS) is 26.9. The van der Waals surface area contributed by atoms with Crippen molar-refractivity contribution in [3.63, 3.8) is 0 Å². The van der Waals surface area contributed by atoms with Gasteiger partial charge in [-0.1, -0.05) is 30.3 Å². The van der Waals surface area contributed by atoms with Crippen LogP contribution in [0.25, 0.3) is 0 Å². The molecule has 0 N–H and O–H groups in total. The van der Waals surface area contributed by atoms with E-state index in [1.54, 1.807) is 0 Å². The highest BCUT2D eigenvalue weighted by Crippen LogP contribution is 2.28. The molecule has 3 fully saturated rings. The summed E-state index contributed by atoms with van der Waals surface area (Å²) in [5.74, 6) is 1.69. The molecule has 3 heterocycles. The summed E-state index contributed by atoms with van der Waals surface area (Å²) < 4.78 is 5.89. The average molecular weight is 484 g/mol. The molecule has 4 nitrogen and oxygen atoms in total. The van der Waals surface area contributed by atoms with Crippen molar-refractivity contribution in [2.75, 3.05) is 39.3 Å². The van der Waals surface area contributed by atoms with Crippen LogP contribution in [0.1, 0.15) is 37.7 Å². The van der Waals surface area contributed by atoms with Crippen molar-refractivity contribution in [2.45, 2.75) is 44.6 Å². The molecule has 1 aromatic carbocycles. The summed E-state index contributed by atoms with van der Waals surface area (Å²) in [5.41, 5.74) is 1.43. The Morgan fingerprint density at radius 1 is 1.04 bits per heavy atom. The molecule has 3 aliphatic heterocycles. The summed E-state index contributed by atoms with van der Waals surface area (Å²) in [6.07, 6.45) is 7.41. The molecule has 0 saturated carbocycles. The number of piperidine rings is 2. The lowest BCUT2D eigenvalue weighted by Crippen LogP contribution is -2.50. The van der Waals surface area contributed by atoms with Crippen molar-refractivity contribution >= 4 is 29.9 Å². The Morgan fingerprint density at radius 3 is 2.59 bits per heavy atom. The van der Waals surface area contributed by atoms with Gasteiger partial charge in [0.15, 0.2) is 0 Å². The number of nitrogens with zero attached hydrogens (tertiary/aromatic N) is 2. The second kappa shape index (κ2) is 10.2. The molecule has 2 atom stereocenters. The number of fused-ring (bicyclic) bond motifs is 1. The minimum atomic E-state index is 0. The Labute approximate surface area is 180 Å². The molecule has 0 bridgehead atoms. The maximum atomic E-state index is 12.7. The van der Waals surface area contributed by atoms with Gasteiger partial charge in [0.1, 0.15) is 0 Å². The number of halogens is 1. The minimum Gasteiger partial charge on any atom is -0.378 e. The first-order valence-electron chi connectivity index (χ1n) is 10.4. The standard InChI is InChI=1S/C22H32N2O2.HI/c25-22(17-23-11-10-21-20(16-23)7-4-14-26-21)24-12-8-19(9-13-24)15-18-5-2-1-3-6-18;/h1-3,5-6,19-21H,4,7-17H2;1H. The number of ether oxygens (including phenoxy) is 1. The number of hydrogen-bond acceptors (Lipinski definition) is 3. The van der Waals surface area contributed by atoms with Gasteiger partial charge in [0.05, 0.1) is 12.6 Å². The zero-order valence-electron chi connectivity index (χ0n) is 16.2. The molecular weight excluding hydrogens is 451 g/mol. The van der Waals surface area contributed by atoms with Crippen molar-refractivity contribution in [3.8, 4) is 0 Å². The van der Waals surface area contributed by atoms with Gasteiger partial charge in [-0.15, -0.1) is 24.0 Å². The molecule has 5 heteroatoms. The summed E-state index contributed by atoms with van der Waals surface area (Å²) in [5, 5.41) is 0. The molecule has 0 spiro atoms. The van der Waals surface area contributed by atoms with E-state index < -0.39 is 0 Å². The van der Waals surface area contributed by atoms with E-state index in [1.165, 1.54) is 18.4 Å². The van der Waals surface area contributed by atoms with Crippen molar-refractivity contribution in [1.29, 1.82) is 0 Å². The van der Waals surface area contributed by atoms with E-state index in [2.05, 4.69) is 40.1 Å². The number of hydrogen-bond donors (Lipinski definition) is 0. The fourth-order valence-corrected chi connectivity index (χ4v) is 4.93. The number of carbonyl (C=O) groups is 1. The van der Waals surface area contributed by atoms with Gasteiger partial charge >= 0.3 is 0 Å². The van der Waals surface area contributed by atoms with Crippen molar-refractivity contribution in [2.24, 2.45) is 11.8 Å². The minimum absolute atomic E-state index is 0. The third-order valence-corrected chi connectivity index (χ3v) is 6.49. The van der Waals surface area contributed by atoms with E-state index in [1.807, 2.05) is 0 Å². The quantitative estimate of drug-likeness (QED) is 0.613. The highest BCUT2D eigenvalue weighted by atomic mass is 127. The van der Waals surface area contributed by atoms with Crippen LogP contribution in [0.3, 0.4) is 0 Å². The topological polar surface area (TPSA) is 32.8 Å². The molecule has 150 valence electrons. The molecular formula is C22H33IN2O2. The number of amides is 1. The Morgan fingerprint density at radius 2 is 1.81 bits per heavy atom. The molecule has 0 aliphatic carbocycles. The SMILES string of the molecule is I.O=C(CN1CCC2OCCCC2C1)N1CCC(Cc2ccccc2)CC1. The highest BCUT2D eigenvalue weighted by Gasteiger charge is 2.33. The average Bonchev–Trinajstić information content (AvgIpc) is 2.69. The van der Waals surface area contributed by atoms with Crippen LogP contribution < -0.4 is 0 Å². The van der Waals surface area contributed by atoms with Gasteiger partial charge in [-0.25, -0.2) is 0 Å². The molecule has 3 aliphatic rings. The summed E-state index contributed by atoms with van der Waals surface area (Å²) in [6, 6.07) is 10.8. The second-order valence-electron chi connectivity index (χ2n) is 8.35. The second-order valence-corrected chi connectivity index (χ2v) is 8.35. The monoisotopic (exact) mass is 484 g/mol. The molecule has 2 unspecified atom stereocenters. The largest absolute Gasteiger partial charge is 0.378 e. The molecule has 4 rings (SSSR count). The summed E-state index contributed by atoms with van der Waals surface area (Å²) >= 11 is 0. The predicted molar refractivity (Wildman–Crippen MR) is 118 cm³/mol. The van der Waals surface area contributed by atoms with Gasteiger partial charge in [0.2, 0.25) is 5.91 Å². The highest BCUT2D eigenvalue weighted by molar-refractivity contribution is 14.0. The number of likely N-dealkylation sites (tertiary alicyclic amines) is 2. The van der Waals surface area contributed by atoms with Crippen molar-refractivity contribution in [1.82, 2.24) is 9.80 Å². The lowest BCUT2D eigenvalue weighted by Gasteiger charge is -2.41. The van der Waals surface area contributed by atoms with E-state index in [-0.39, 0.29) is 24.0 Å². The lowest BCUT2D eigenvalue weighted by molar-refractivity contribution is -0.136. The van der Waals surface area contributed by atoms with Gasteiger partial charge in [0.25, 0.3) is 0 Å². The zero-order chi connectivity index (χ0) is 17.8. The van der Waals surface area contributed by atoms with Crippen LogP contribution in [-0.4, -0.2) is 61.1 Å². The molecule has 1 aromatic rings. The number of rotatable bonds is 4. The fraction of sp³-hybridized carbons (Fsp3) is 0.682. The summed E-state index contributed by atoms with van der Waals surface area (Å²) in [4.78, 5) is 17.2. The first-order chi connectivity index (χ1) is 12.8. The Kier molecular flexibility index (Phi) is 7.97. The van der Waals surface area contributed by atoms with Crippen LogP contribution in [0.15, 0.2) is 30.3 Å². The third kappa shape index (κ3) is 5.67. The zero-order valence-corrected chi connectivity index (χ0v) is 18.6. The van der Waals surface area contributed by atoms with Crippen LogP contribution in [0.5, 0.6) is 0 Å². The fourth-order valence-electron chi connectivity index (χ4n) is 4.93. The smallest absolute Gasteiger partial charge is 0.236 e. The lowest BCUT2D eigenvalue weighted by atomic mass is 9.88. The van der Waals surface area contributed by atoms with Gasteiger partial charge in [-0.2, -0.15) is 0 Å². The number of benzene rings is 1. The van der Waals surface area contributed by atoms with Gasteiger partial charge in [-0.3, -0.25) is 9.69 Å². The van der Waals surface area contributed by atoms with Crippen LogP contribution >= 0.6 is 24.0 Å². The van der Waals surface area contributed by atoms with Crippen molar-refractivity contribution < 1.29 is 9.53 Å². The molecule has 27 heavy (non-hydrogen) atoms. The van der Waals surface area contributed by atoms with Crippen molar-refractivity contribution in [3.05, 3.63) is 35.9 Å². The van der Waals surface area contributed by atoms with Gasteiger partial charge in [-0.05, 0) is 55.9 Å². The van der Waals surface area contributed by atoms with Crippen LogP contribution in [0.2, 0.25) is 0 Å². The van der Waals surface area contributed by atoms with E-state index in [0.29, 0.717) is 24.5 Å². The molecule has 1 amide bonds. The molecule has 0 aromatic heterocycles. The first kappa shape index (κ1) is 21.1. The Bertz CT molecular complexity index is 589. The maximum Gasteiger partial charge on any atom is 0.236 e. The van der Waals surface area contributed by atoms with E-state index in [0.717, 1.165) is 64.4 Å². The van der Waals surface area contributed by atoms with E-state index in [4.69, 9.17) is 4.74 Å². The summed E-state index contributed by atoms with van der Waals surface area (Å²) in [6.45, 7) is 5.45. The summed E-state index contributed by atoms with van der Waals surface area (Å²) in [7, 11) is 0.